The van der Waals surface area contributed by atoms with Crippen molar-refractivity contribution < 1.29 is 4.79 Å². The van der Waals surface area contributed by atoms with Crippen LogP contribution >= 0.6 is 23.4 Å². The molecule has 9 heteroatoms. The van der Waals surface area contributed by atoms with Crippen molar-refractivity contribution in [1.82, 2.24) is 25.2 Å². The number of rotatable bonds is 7. The third-order valence-electron chi connectivity index (χ3n) is 4.47. The van der Waals surface area contributed by atoms with E-state index in [1.54, 1.807) is 30.7 Å². The van der Waals surface area contributed by atoms with Crippen LogP contribution in [-0.2, 0) is 4.79 Å². The summed E-state index contributed by atoms with van der Waals surface area (Å²) in [5.74, 6) is 0.572. The number of halogens is 1. The van der Waals surface area contributed by atoms with Gasteiger partial charge in [0.1, 0.15) is 0 Å². The lowest BCUT2D eigenvalue weighted by atomic mass is 10.2. The van der Waals surface area contributed by atoms with Gasteiger partial charge < -0.3 is 0 Å². The minimum Gasteiger partial charge on any atom is -0.272 e. The number of hydrogen-bond acceptors (Lipinski definition) is 6. The maximum atomic E-state index is 12.3. The lowest BCUT2D eigenvalue weighted by Crippen LogP contribution is -2.20. The molecule has 2 aromatic carbocycles. The number of carbonyl (C=O) groups is 1. The molecule has 0 saturated heterocycles. The molecule has 2 aromatic heterocycles. The van der Waals surface area contributed by atoms with Crippen LogP contribution in [0.1, 0.15) is 11.1 Å². The first kappa shape index (κ1) is 21.7. The Morgan fingerprint density at radius 1 is 1.06 bits per heavy atom. The number of carbonyl (C=O) groups excluding carboxylic acids is 1. The van der Waals surface area contributed by atoms with Gasteiger partial charge in [-0.05, 0) is 48.9 Å². The largest absolute Gasteiger partial charge is 0.272 e. The van der Waals surface area contributed by atoms with Gasteiger partial charge in [0.15, 0.2) is 11.0 Å². The first-order valence-corrected chi connectivity index (χ1v) is 11.1. The summed E-state index contributed by atoms with van der Waals surface area (Å²) in [6, 6.07) is 19.0. The van der Waals surface area contributed by atoms with E-state index in [1.807, 2.05) is 60.0 Å². The second kappa shape index (κ2) is 10.2. The molecule has 0 radical (unpaired) electrons. The van der Waals surface area contributed by atoms with Crippen molar-refractivity contribution in [3.63, 3.8) is 0 Å². The quantitative estimate of drug-likeness (QED) is 0.248. The van der Waals surface area contributed by atoms with E-state index >= 15 is 0 Å². The zero-order chi connectivity index (χ0) is 22.3. The molecule has 1 amide bonds. The molecule has 0 fully saturated rings. The van der Waals surface area contributed by atoms with Crippen LogP contribution in [0.4, 0.5) is 0 Å². The number of thioether (sulfide) groups is 1. The van der Waals surface area contributed by atoms with Gasteiger partial charge in [-0.25, -0.2) is 5.43 Å². The summed E-state index contributed by atoms with van der Waals surface area (Å²) >= 11 is 7.16. The monoisotopic (exact) mass is 462 g/mol. The Morgan fingerprint density at radius 3 is 2.50 bits per heavy atom. The molecule has 0 spiro atoms. The summed E-state index contributed by atoms with van der Waals surface area (Å²) in [5, 5.41) is 13.9. The number of nitrogens with zero attached hydrogens (tertiary/aromatic N) is 5. The van der Waals surface area contributed by atoms with Gasteiger partial charge >= 0.3 is 0 Å². The van der Waals surface area contributed by atoms with Gasteiger partial charge in [0.2, 0.25) is 0 Å². The van der Waals surface area contributed by atoms with E-state index in [9.17, 15) is 4.79 Å². The molecule has 0 saturated carbocycles. The maximum Gasteiger partial charge on any atom is 0.250 e. The molecule has 0 aliphatic heterocycles. The Kier molecular flexibility index (Phi) is 6.94. The van der Waals surface area contributed by atoms with Crippen LogP contribution in [0.3, 0.4) is 0 Å². The normalized spacial score (nSPS) is 11.1. The second-order valence-electron chi connectivity index (χ2n) is 6.85. The molecule has 160 valence electrons. The van der Waals surface area contributed by atoms with Gasteiger partial charge in [0, 0.05) is 28.7 Å². The van der Waals surface area contributed by atoms with Crippen molar-refractivity contribution in [1.29, 1.82) is 0 Å². The van der Waals surface area contributed by atoms with E-state index in [4.69, 9.17) is 11.6 Å². The van der Waals surface area contributed by atoms with Crippen LogP contribution < -0.4 is 5.43 Å². The Hall–Kier alpha value is -3.49. The predicted molar refractivity (Wildman–Crippen MR) is 127 cm³/mol. The first-order valence-electron chi connectivity index (χ1n) is 9.73. The average molecular weight is 463 g/mol. The third-order valence-corrected chi connectivity index (χ3v) is 5.65. The summed E-state index contributed by atoms with van der Waals surface area (Å²) in [7, 11) is 0. The molecule has 2 heterocycles. The summed E-state index contributed by atoms with van der Waals surface area (Å²) in [4.78, 5) is 16.4. The van der Waals surface area contributed by atoms with Crippen LogP contribution in [-0.4, -0.2) is 37.6 Å². The fraction of sp³-hybridized carbons (Fsp3) is 0.0870. The summed E-state index contributed by atoms with van der Waals surface area (Å²) in [5.41, 5.74) is 6.32. The number of hydrazone groups is 1. The zero-order valence-corrected chi connectivity index (χ0v) is 18.7. The van der Waals surface area contributed by atoms with Gasteiger partial charge in [-0.1, -0.05) is 53.2 Å². The fourth-order valence-electron chi connectivity index (χ4n) is 2.87. The highest BCUT2D eigenvalue weighted by Gasteiger charge is 2.17. The van der Waals surface area contributed by atoms with Crippen LogP contribution in [0.2, 0.25) is 5.02 Å². The van der Waals surface area contributed by atoms with E-state index < -0.39 is 0 Å². The van der Waals surface area contributed by atoms with E-state index in [-0.39, 0.29) is 11.7 Å². The van der Waals surface area contributed by atoms with E-state index in [1.165, 1.54) is 11.8 Å². The molecule has 32 heavy (non-hydrogen) atoms. The van der Waals surface area contributed by atoms with E-state index in [0.29, 0.717) is 16.0 Å². The third kappa shape index (κ3) is 5.40. The van der Waals surface area contributed by atoms with Gasteiger partial charge in [0.25, 0.3) is 5.91 Å². The standard InChI is InChI=1S/C23H19ClN6OS/c1-16-2-8-20(9-3-16)30-22(18-10-12-25-13-11-18)28-29-23(30)32-15-21(31)27-26-14-17-4-6-19(24)7-5-17/h2-14H,15H2,1H3,(H,27,31). The molecular formula is C23H19ClN6OS. The molecule has 0 unspecified atom stereocenters. The molecule has 0 aliphatic rings. The molecular weight excluding hydrogens is 444 g/mol. The second-order valence-corrected chi connectivity index (χ2v) is 8.23. The molecule has 1 N–H and O–H groups in total. The maximum absolute atomic E-state index is 12.3. The number of nitrogens with one attached hydrogen (secondary N) is 1. The minimum absolute atomic E-state index is 0.137. The zero-order valence-electron chi connectivity index (χ0n) is 17.1. The van der Waals surface area contributed by atoms with Crippen LogP contribution in [0.15, 0.2) is 83.3 Å². The SMILES string of the molecule is Cc1ccc(-n2c(SCC(=O)NN=Cc3ccc(Cl)cc3)nnc2-c2ccncc2)cc1. The number of aromatic nitrogens is 4. The number of amides is 1. The fourth-order valence-corrected chi connectivity index (χ4v) is 3.74. The van der Waals surface area contributed by atoms with Crippen LogP contribution in [0.5, 0.6) is 0 Å². The first-order chi connectivity index (χ1) is 15.6. The topological polar surface area (TPSA) is 85.1 Å². The lowest BCUT2D eigenvalue weighted by Gasteiger charge is -2.10. The average Bonchev–Trinajstić information content (AvgIpc) is 3.24. The smallest absolute Gasteiger partial charge is 0.250 e. The minimum atomic E-state index is -0.246. The van der Waals surface area contributed by atoms with Crippen molar-refractivity contribution in [2.45, 2.75) is 12.1 Å². The Balaban J connectivity index is 1.49. The number of benzene rings is 2. The van der Waals surface area contributed by atoms with Crippen molar-refractivity contribution in [3.8, 4) is 17.1 Å². The van der Waals surface area contributed by atoms with Gasteiger partial charge in [-0.3, -0.25) is 14.3 Å². The number of hydrogen-bond donors (Lipinski definition) is 1. The molecule has 4 aromatic rings. The van der Waals surface area contributed by atoms with Crippen molar-refractivity contribution in [2.24, 2.45) is 5.10 Å². The Bertz CT molecular complexity index is 1220. The van der Waals surface area contributed by atoms with Gasteiger partial charge in [0.05, 0.1) is 12.0 Å². The van der Waals surface area contributed by atoms with Gasteiger partial charge in [-0.2, -0.15) is 5.10 Å². The molecule has 7 nitrogen and oxygen atoms in total. The van der Waals surface area contributed by atoms with Crippen LogP contribution in [0.25, 0.3) is 17.1 Å². The van der Waals surface area contributed by atoms with E-state index in [2.05, 4.69) is 25.7 Å². The molecule has 4 rings (SSSR count). The predicted octanol–water partition coefficient (Wildman–Crippen LogP) is 4.53. The van der Waals surface area contributed by atoms with E-state index in [0.717, 1.165) is 22.4 Å². The van der Waals surface area contributed by atoms with Gasteiger partial charge in [-0.15, -0.1) is 10.2 Å². The molecule has 0 atom stereocenters. The Morgan fingerprint density at radius 2 is 1.78 bits per heavy atom. The van der Waals surface area contributed by atoms with Crippen LogP contribution in [0, 0.1) is 6.92 Å². The summed E-state index contributed by atoms with van der Waals surface area (Å²) < 4.78 is 1.93. The molecule has 0 bridgehead atoms. The number of pyridine rings is 1. The summed E-state index contributed by atoms with van der Waals surface area (Å²) in [6.07, 6.45) is 4.99. The highest BCUT2D eigenvalue weighted by molar-refractivity contribution is 7.99. The highest BCUT2D eigenvalue weighted by atomic mass is 35.5. The van der Waals surface area contributed by atoms with Crippen molar-refractivity contribution >= 4 is 35.5 Å². The van der Waals surface area contributed by atoms with Crippen molar-refractivity contribution in [3.05, 3.63) is 89.2 Å². The summed E-state index contributed by atoms with van der Waals surface area (Å²) in [6.45, 7) is 2.03. The lowest BCUT2D eigenvalue weighted by molar-refractivity contribution is -0.118. The molecule has 0 aliphatic carbocycles. The highest BCUT2D eigenvalue weighted by Crippen LogP contribution is 2.27. The Labute approximate surface area is 194 Å². The number of aryl methyl sites for hydroxylation is 1. The van der Waals surface area contributed by atoms with Crippen molar-refractivity contribution in [2.75, 3.05) is 5.75 Å².